The smallest absolute Gasteiger partial charge is 0.204 e. The van der Waals surface area contributed by atoms with Gasteiger partial charge in [-0.2, -0.15) is 4.80 Å². The zero-order valence-electron chi connectivity index (χ0n) is 12.9. The van der Waals surface area contributed by atoms with Gasteiger partial charge in [0, 0.05) is 30.2 Å². The average molecular weight is 335 g/mol. The summed E-state index contributed by atoms with van der Waals surface area (Å²) in [5.74, 6) is 1.22. The zero-order valence-corrected chi connectivity index (χ0v) is 13.7. The van der Waals surface area contributed by atoms with Crippen LogP contribution < -0.4 is 4.72 Å². The minimum absolute atomic E-state index is 0.130. The second-order valence-electron chi connectivity index (χ2n) is 5.47. The molecule has 1 saturated heterocycles. The van der Waals surface area contributed by atoms with Gasteiger partial charge in [0.05, 0.1) is 13.2 Å². The Kier molecular flexibility index (Phi) is 5.98. The Labute approximate surface area is 139 Å². The summed E-state index contributed by atoms with van der Waals surface area (Å²) in [5.41, 5.74) is 0.953. The van der Waals surface area contributed by atoms with Crippen molar-refractivity contribution in [2.75, 3.05) is 26.4 Å². The van der Waals surface area contributed by atoms with Gasteiger partial charge in [0.1, 0.15) is 0 Å². The highest BCUT2D eigenvalue weighted by Gasteiger charge is 2.16. The van der Waals surface area contributed by atoms with Gasteiger partial charge in [0.25, 0.3) is 0 Å². The summed E-state index contributed by atoms with van der Waals surface area (Å²) >= 11 is 1.49. The molecule has 3 rings (SSSR count). The Balaban J connectivity index is 1.58. The van der Waals surface area contributed by atoms with E-state index < -0.39 is 0 Å². The lowest BCUT2D eigenvalue weighted by Gasteiger charge is -2.20. The summed E-state index contributed by atoms with van der Waals surface area (Å²) in [6.45, 7) is 3.15. The summed E-state index contributed by atoms with van der Waals surface area (Å²) in [4.78, 5) is 2.77. The first kappa shape index (κ1) is 16.4. The molecule has 1 aromatic heterocycles. The first-order valence-corrected chi connectivity index (χ1v) is 8.63. The first-order chi connectivity index (χ1) is 11.3. The molecule has 23 heavy (non-hydrogen) atoms. The molecular formula is C15H21N5O2S. The third-order valence-electron chi connectivity index (χ3n) is 3.73. The molecular weight excluding hydrogens is 314 g/mol. The van der Waals surface area contributed by atoms with Gasteiger partial charge in [-0.1, -0.05) is 0 Å². The van der Waals surface area contributed by atoms with Crippen LogP contribution in [-0.2, 0) is 11.3 Å². The van der Waals surface area contributed by atoms with E-state index in [9.17, 15) is 0 Å². The molecule has 0 bridgehead atoms. The zero-order chi connectivity index (χ0) is 15.9. The van der Waals surface area contributed by atoms with Crippen LogP contribution in [0.1, 0.15) is 12.8 Å². The molecule has 0 amide bonds. The third kappa shape index (κ3) is 4.74. The van der Waals surface area contributed by atoms with Crippen molar-refractivity contribution in [1.29, 1.82) is 0 Å². The van der Waals surface area contributed by atoms with E-state index in [2.05, 4.69) is 20.1 Å². The highest BCUT2D eigenvalue weighted by atomic mass is 32.2. The number of nitrogens with one attached hydrogen (secondary N) is 1. The lowest BCUT2D eigenvalue weighted by molar-refractivity contribution is 0.0586. The maximum absolute atomic E-state index is 8.75. The molecule has 0 aliphatic carbocycles. The number of nitrogens with zero attached hydrogens (tertiary/aromatic N) is 4. The number of aromatic nitrogens is 4. The van der Waals surface area contributed by atoms with Gasteiger partial charge in [-0.15, -0.1) is 10.2 Å². The SMILES string of the molecule is OCCNSc1ccc(-c2nnn(CC3CCOCC3)n2)cc1. The topological polar surface area (TPSA) is 85.1 Å². The monoisotopic (exact) mass is 335 g/mol. The predicted octanol–water partition coefficient (Wildman–Crippen LogP) is 1.36. The first-order valence-electron chi connectivity index (χ1n) is 7.81. The van der Waals surface area contributed by atoms with Crippen LogP contribution in [0.4, 0.5) is 0 Å². The summed E-state index contributed by atoms with van der Waals surface area (Å²) in [5, 5.41) is 21.5. The van der Waals surface area contributed by atoms with E-state index >= 15 is 0 Å². The summed E-state index contributed by atoms with van der Waals surface area (Å²) < 4.78 is 8.44. The molecule has 0 radical (unpaired) electrons. The second kappa shape index (κ2) is 8.39. The Morgan fingerprint density at radius 2 is 2.04 bits per heavy atom. The maximum atomic E-state index is 8.75. The van der Waals surface area contributed by atoms with E-state index in [4.69, 9.17) is 9.84 Å². The Morgan fingerprint density at radius 3 is 2.78 bits per heavy atom. The van der Waals surface area contributed by atoms with Crippen molar-refractivity contribution in [3.8, 4) is 11.4 Å². The van der Waals surface area contributed by atoms with Crippen LogP contribution in [0.2, 0.25) is 0 Å². The van der Waals surface area contributed by atoms with Gasteiger partial charge >= 0.3 is 0 Å². The van der Waals surface area contributed by atoms with Crippen LogP contribution in [-0.4, -0.2) is 51.7 Å². The van der Waals surface area contributed by atoms with Crippen LogP contribution in [0.15, 0.2) is 29.2 Å². The molecule has 2 N–H and O–H groups in total. The fraction of sp³-hybridized carbons (Fsp3) is 0.533. The molecule has 0 atom stereocenters. The Morgan fingerprint density at radius 1 is 1.26 bits per heavy atom. The van der Waals surface area contributed by atoms with Gasteiger partial charge in [-0.25, -0.2) is 0 Å². The van der Waals surface area contributed by atoms with Gasteiger partial charge in [-0.3, -0.25) is 4.72 Å². The number of rotatable bonds is 7. The minimum atomic E-state index is 0.130. The second-order valence-corrected chi connectivity index (χ2v) is 6.43. The molecule has 2 heterocycles. The van der Waals surface area contributed by atoms with E-state index in [-0.39, 0.29) is 6.61 Å². The van der Waals surface area contributed by atoms with E-state index in [1.807, 2.05) is 24.3 Å². The van der Waals surface area contributed by atoms with Gasteiger partial charge < -0.3 is 9.84 Å². The number of benzene rings is 1. The summed E-state index contributed by atoms with van der Waals surface area (Å²) in [6, 6.07) is 7.98. The molecule has 0 spiro atoms. The predicted molar refractivity (Wildman–Crippen MR) is 87.7 cm³/mol. The van der Waals surface area contributed by atoms with E-state index in [0.717, 1.165) is 43.1 Å². The number of hydrogen-bond donors (Lipinski definition) is 2. The molecule has 0 saturated carbocycles. The van der Waals surface area contributed by atoms with Crippen molar-refractivity contribution in [1.82, 2.24) is 24.9 Å². The lowest BCUT2D eigenvalue weighted by Crippen LogP contribution is -2.21. The normalized spacial score (nSPS) is 15.9. The summed E-state index contributed by atoms with van der Waals surface area (Å²) in [6.07, 6.45) is 2.12. The van der Waals surface area contributed by atoms with Gasteiger partial charge in [0.15, 0.2) is 0 Å². The average Bonchev–Trinajstić information content (AvgIpc) is 3.05. The lowest BCUT2D eigenvalue weighted by atomic mass is 10.0. The van der Waals surface area contributed by atoms with Crippen molar-refractivity contribution < 1.29 is 9.84 Å². The fourth-order valence-electron chi connectivity index (χ4n) is 2.45. The number of aliphatic hydroxyl groups excluding tert-OH is 1. The molecule has 1 aliphatic heterocycles. The van der Waals surface area contributed by atoms with E-state index in [1.54, 1.807) is 4.80 Å². The standard InChI is InChI=1S/C15H21N5O2S/c21-8-7-16-23-14-3-1-13(2-4-14)15-17-19-20(18-15)11-12-5-9-22-10-6-12/h1-4,12,16,21H,5-11H2. The highest BCUT2D eigenvalue weighted by Crippen LogP contribution is 2.20. The number of ether oxygens (including phenoxy) is 1. The molecule has 2 aromatic rings. The molecule has 124 valence electrons. The minimum Gasteiger partial charge on any atom is -0.395 e. The van der Waals surface area contributed by atoms with Crippen LogP contribution >= 0.6 is 11.9 Å². The Hall–Kier alpha value is -1.48. The van der Waals surface area contributed by atoms with Crippen molar-refractivity contribution in [2.45, 2.75) is 24.3 Å². The van der Waals surface area contributed by atoms with Gasteiger partial charge in [0.2, 0.25) is 5.82 Å². The quantitative estimate of drug-likeness (QED) is 0.583. The molecule has 0 unspecified atom stereocenters. The fourth-order valence-corrected chi connectivity index (χ4v) is 3.08. The molecule has 8 heteroatoms. The number of aliphatic hydroxyl groups is 1. The van der Waals surface area contributed by atoms with Crippen LogP contribution in [0.5, 0.6) is 0 Å². The van der Waals surface area contributed by atoms with Gasteiger partial charge in [-0.05, 0) is 60.2 Å². The molecule has 1 aromatic carbocycles. The molecule has 1 fully saturated rings. The van der Waals surface area contributed by atoms with Crippen molar-refractivity contribution in [3.63, 3.8) is 0 Å². The van der Waals surface area contributed by atoms with Crippen LogP contribution in [0, 0.1) is 5.92 Å². The van der Waals surface area contributed by atoms with Crippen LogP contribution in [0.3, 0.4) is 0 Å². The van der Waals surface area contributed by atoms with Crippen molar-refractivity contribution in [2.24, 2.45) is 5.92 Å². The maximum Gasteiger partial charge on any atom is 0.204 e. The molecule has 7 nitrogen and oxygen atoms in total. The van der Waals surface area contributed by atoms with E-state index in [1.165, 1.54) is 11.9 Å². The number of hydrogen-bond acceptors (Lipinski definition) is 7. The van der Waals surface area contributed by atoms with Crippen molar-refractivity contribution in [3.05, 3.63) is 24.3 Å². The Bertz CT molecular complexity index is 598. The largest absolute Gasteiger partial charge is 0.395 e. The summed E-state index contributed by atoms with van der Waals surface area (Å²) in [7, 11) is 0. The van der Waals surface area contributed by atoms with E-state index in [0.29, 0.717) is 18.3 Å². The number of tetrazole rings is 1. The highest BCUT2D eigenvalue weighted by molar-refractivity contribution is 7.97. The van der Waals surface area contributed by atoms with Crippen LogP contribution in [0.25, 0.3) is 11.4 Å². The van der Waals surface area contributed by atoms with Crippen molar-refractivity contribution >= 4 is 11.9 Å². The third-order valence-corrected chi connectivity index (χ3v) is 4.59. The molecule has 1 aliphatic rings.